The number of carbonyl (C=O) groups is 2. The minimum absolute atomic E-state index is 0.233. The largest absolute Gasteiger partial charge is 0.350 e. The molecule has 0 bridgehead atoms. The Hall–Kier alpha value is -2.88. The van der Waals surface area contributed by atoms with Crippen molar-refractivity contribution >= 4 is 23.1 Å². The highest BCUT2D eigenvalue weighted by molar-refractivity contribution is 6.36. The van der Waals surface area contributed by atoms with E-state index < -0.39 is 0 Å². The van der Waals surface area contributed by atoms with Crippen molar-refractivity contribution in [3.63, 3.8) is 0 Å². The van der Waals surface area contributed by atoms with Gasteiger partial charge in [-0.2, -0.15) is 0 Å². The Balaban J connectivity index is 2.06. The van der Waals surface area contributed by atoms with Crippen molar-refractivity contribution in [1.82, 2.24) is 4.90 Å². The Labute approximate surface area is 141 Å². The maximum atomic E-state index is 12.8. The molecule has 2 aromatic rings. The van der Waals surface area contributed by atoms with Crippen molar-refractivity contribution in [3.8, 4) is 0 Å². The lowest BCUT2D eigenvalue weighted by Gasteiger charge is -2.13. The average molecular weight is 320 g/mol. The van der Waals surface area contributed by atoms with Gasteiger partial charge in [-0.05, 0) is 36.6 Å². The molecule has 0 saturated carbocycles. The number of benzene rings is 2. The number of nitrogens with zero attached hydrogens (tertiary/aromatic N) is 1. The molecule has 3 rings (SSSR count). The molecule has 4 nitrogen and oxygen atoms in total. The Kier molecular flexibility index (Phi) is 4.47. The third-order valence-corrected chi connectivity index (χ3v) is 3.97. The summed E-state index contributed by atoms with van der Waals surface area (Å²) in [6, 6.07) is 17.1. The lowest BCUT2D eigenvalue weighted by Crippen LogP contribution is -2.33. The number of nitrogens with one attached hydrogen (secondary N) is 1. The zero-order chi connectivity index (χ0) is 17.1. The second kappa shape index (κ2) is 6.71. The van der Waals surface area contributed by atoms with Crippen LogP contribution in [0.4, 0.5) is 5.69 Å². The standard InChI is InChI=1S/C20H20N2O2/c1-3-12-22-19(23)17(15-9-5-4-6-10-15)18(20(22)24)21-16-11-7-8-14(2)13-16/h4-11,13,21H,3,12H2,1-2H3. The van der Waals surface area contributed by atoms with Crippen molar-refractivity contribution in [2.24, 2.45) is 0 Å². The predicted molar refractivity (Wildman–Crippen MR) is 95.2 cm³/mol. The van der Waals surface area contributed by atoms with Crippen LogP contribution in [0.5, 0.6) is 0 Å². The summed E-state index contributed by atoms with van der Waals surface area (Å²) in [7, 11) is 0. The quantitative estimate of drug-likeness (QED) is 0.856. The number of anilines is 1. The van der Waals surface area contributed by atoms with E-state index >= 15 is 0 Å². The first kappa shape index (κ1) is 16.0. The smallest absolute Gasteiger partial charge is 0.278 e. The molecule has 1 aliphatic rings. The normalized spacial score (nSPS) is 14.5. The molecule has 1 heterocycles. The molecule has 0 radical (unpaired) electrons. The van der Waals surface area contributed by atoms with E-state index in [1.807, 2.05) is 68.4 Å². The second-order valence-electron chi connectivity index (χ2n) is 5.87. The molecule has 1 N–H and O–H groups in total. The number of hydrogen-bond donors (Lipinski definition) is 1. The van der Waals surface area contributed by atoms with E-state index in [0.29, 0.717) is 17.8 Å². The molecule has 0 unspecified atom stereocenters. The van der Waals surface area contributed by atoms with Gasteiger partial charge >= 0.3 is 0 Å². The minimum Gasteiger partial charge on any atom is -0.350 e. The molecule has 0 aliphatic carbocycles. The van der Waals surface area contributed by atoms with Crippen LogP contribution in [-0.4, -0.2) is 23.3 Å². The van der Waals surface area contributed by atoms with Crippen LogP contribution in [0.25, 0.3) is 5.57 Å². The van der Waals surface area contributed by atoms with Crippen LogP contribution >= 0.6 is 0 Å². The van der Waals surface area contributed by atoms with E-state index in [4.69, 9.17) is 0 Å². The summed E-state index contributed by atoms with van der Waals surface area (Å²) in [4.78, 5) is 26.9. The van der Waals surface area contributed by atoms with Gasteiger partial charge in [0, 0.05) is 12.2 Å². The summed E-state index contributed by atoms with van der Waals surface area (Å²) in [6.45, 7) is 4.37. The summed E-state index contributed by atoms with van der Waals surface area (Å²) < 4.78 is 0. The van der Waals surface area contributed by atoms with Gasteiger partial charge in [0.25, 0.3) is 11.8 Å². The summed E-state index contributed by atoms with van der Waals surface area (Å²) in [6.07, 6.45) is 0.733. The highest BCUT2D eigenvalue weighted by Crippen LogP contribution is 2.30. The van der Waals surface area contributed by atoms with Crippen LogP contribution in [0.2, 0.25) is 0 Å². The number of amides is 2. The Morgan fingerprint density at radius 1 is 0.958 bits per heavy atom. The second-order valence-corrected chi connectivity index (χ2v) is 5.87. The van der Waals surface area contributed by atoms with Crippen LogP contribution in [0, 0.1) is 6.92 Å². The first-order valence-corrected chi connectivity index (χ1v) is 8.11. The van der Waals surface area contributed by atoms with Gasteiger partial charge in [0.1, 0.15) is 5.70 Å². The van der Waals surface area contributed by atoms with Gasteiger partial charge in [0.15, 0.2) is 0 Å². The highest BCUT2D eigenvalue weighted by atomic mass is 16.2. The number of aryl methyl sites for hydroxylation is 1. The molecule has 24 heavy (non-hydrogen) atoms. The van der Waals surface area contributed by atoms with E-state index in [1.54, 1.807) is 0 Å². The zero-order valence-corrected chi connectivity index (χ0v) is 13.9. The molecule has 2 aromatic carbocycles. The van der Waals surface area contributed by atoms with Crippen LogP contribution in [0.1, 0.15) is 24.5 Å². The van der Waals surface area contributed by atoms with Gasteiger partial charge in [-0.3, -0.25) is 14.5 Å². The predicted octanol–water partition coefficient (Wildman–Crippen LogP) is 3.60. The molecular weight excluding hydrogens is 300 g/mol. The zero-order valence-electron chi connectivity index (χ0n) is 13.9. The topological polar surface area (TPSA) is 49.4 Å². The van der Waals surface area contributed by atoms with Crippen LogP contribution in [0.3, 0.4) is 0 Å². The lowest BCUT2D eigenvalue weighted by molar-refractivity contribution is -0.136. The van der Waals surface area contributed by atoms with E-state index in [2.05, 4.69) is 5.32 Å². The molecule has 122 valence electrons. The first-order valence-electron chi connectivity index (χ1n) is 8.11. The third-order valence-electron chi connectivity index (χ3n) is 3.97. The van der Waals surface area contributed by atoms with Gasteiger partial charge in [0.2, 0.25) is 0 Å². The van der Waals surface area contributed by atoms with E-state index in [1.165, 1.54) is 4.90 Å². The monoisotopic (exact) mass is 320 g/mol. The summed E-state index contributed by atoms with van der Waals surface area (Å²) in [5, 5.41) is 3.17. The van der Waals surface area contributed by atoms with Gasteiger partial charge in [-0.15, -0.1) is 0 Å². The Morgan fingerprint density at radius 3 is 2.38 bits per heavy atom. The van der Waals surface area contributed by atoms with Crippen LogP contribution in [0.15, 0.2) is 60.3 Å². The molecule has 0 spiro atoms. The molecule has 4 heteroatoms. The van der Waals surface area contributed by atoms with Crippen LogP contribution < -0.4 is 5.32 Å². The van der Waals surface area contributed by atoms with E-state index in [9.17, 15) is 9.59 Å². The molecule has 2 amide bonds. The minimum atomic E-state index is -0.262. The molecule has 0 atom stereocenters. The van der Waals surface area contributed by atoms with Gasteiger partial charge in [-0.1, -0.05) is 49.4 Å². The summed E-state index contributed by atoms with van der Waals surface area (Å²) in [5.41, 5.74) is 3.44. The molecule has 0 fully saturated rings. The Bertz CT molecular complexity index is 809. The van der Waals surface area contributed by atoms with Gasteiger partial charge in [-0.25, -0.2) is 0 Å². The fourth-order valence-electron chi connectivity index (χ4n) is 2.86. The third kappa shape index (κ3) is 2.95. The average Bonchev–Trinajstić information content (AvgIpc) is 2.81. The number of imide groups is 1. The van der Waals surface area contributed by atoms with Crippen molar-refractivity contribution < 1.29 is 9.59 Å². The summed E-state index contributed by atoms with van der Waals surface area (Å²) >= 11 is 0. The number of carbonyl (C=O) groups excluding carboxylic acids is 2. The van der Waals surface area contributed by atoms with Crippen LogP contribution in [-0.2, 0) is 9.59 Å². The van der Waals surface area contributed by atoms with Gasteiger partial charge < -0.3 is 5.32 Å². The molecule has 1 aliphatic heterocycles. The molecule has 0 saturated heterocycles. The van der Waals surface area contributed by atoms with Gasteiger partial charge in [0.05, 0.1) is 5.57 Å². The number of hydrogen-bond acceptors (Lipinski definition) is 3. The van der Waals surface area contributed by atoms with Crippen molar-refractivity contribution in [2.45, 2.75) is 20.3 Å². The molecule has 0 aromatic heterocycles. The molecular formula is C20H20N2O2. The van der Waals surface area contributed by atoms with Crippen molar-refractivity contribution in [1.29, 1.82) is 0 Å². The Morgan fingerprint density at radius 2 is 1.71 bits per heavy atom. The highest BCUT2D eigenvalue weighted by Gasteiger charge is 2.38. The fourth-order valence-corrected chi connectivity index (χ4v) is 2.86. The lowest BCUT2D eigenvalue weighted by atomic mass is 10.0. The SMILES string of the molecule is CCCN1C(=O)C(Nc2cccc(C)c2)=C(c2ccccc2)C1=O. The van der Waals surface area contributed by atoms with Crippen molar-refractivity contribution in [2.75, 3.05) is 11.9 Å². The summed E-state index contributed by atoms with van der Waals surface area (Å²) in [5.74, 6) is -0.495. The van der Waals surface area contributed by atoms with Crippen molar-refractivity contribution in [3.05, 3.63) is 71.4 Å². The maximum absolute atomic E-state index is 12.8. The maximum Gasteiger partial charge on any atom is 0.278 e. The number of rotatable bonds is 5. The van der Waals surface area contributed by atoms with E-state index in [0.717, 1.165) is 23.2 Å². The first-order chi connectivity index (χ1) is 11.6. The van der Waals surface area contributed by atoms with E-state index in [-0.39, 0.29) is 11.8 Å². The fraction of sp³-hybridized carbons (Fsp3) is 0.200.